The molecule has 5 heteroatoms. The van der Waals surface area contributed by atoms with Crippen molar-refractivity contribution < 1.29 is 4.42 Å². The number of benzene rings is 1. The van der Waals surface area contributed by atoms with Gasteiger partial charge >= 0.3 is 0 Å². The number of piperidine rings is 1. The molecule has 0 amide bonds. The first-order valence-electron chi connectivity index (χ1n) is 10.2. The third kappa shape index (κ3) is 3.74. The van der Waals surface area contributed by atoms with Crippen LogP contribution in [-0.2, 0) is 6.54 Å². The van der Waals surface area contributed by atoms with Crippen molar-refractivity contribution in [1.29, 1.82) is 0 Å². The quantitative estimate of drug-likeness (QED) is 0.483. The van der Waals surface area contributed by atoms with Crippen LogP contribution in [0.3, 0.4) is 0 Å². The Bertz CT molecular complexity index is 1030. The van der Waals surface area contributed by atoms with Gasteiger partial charge in [0.2, 0.25) is 0 Å². The van der Waals surface area contributed by atoms with Gasteiger partial charge in [-0.05, 0) is 37.1 Å². The van der Waals surface area contributed by atoms with Gasteiger partial charge in [0.25, 0.3) is 0 Å². The lowest BCUT2D eigenvalue weighted by atomic mass is 10.0. The average Bonchev–Trinajstić information content (AvgIpc) is 3.45. The first-order chi connectivity index (χ1) is 14.4. The maximum absolute atomic E-state index is 5.79. The maximum atomic E-state index is 5.79. The van der Waals surface area contributed by atoms with Crippen LogP contribution in [-0.4, -0.2) is 32.5 Å². The Morgan fingerprint density at radius 1 is 0.897 bits per heavy atom. The highest BCUT2D eigenvalue weighted by Gasteiger charge is 2.26. The summed E-state index contributed by atoms with van der Waals surface area (Å²) >= 11 is 0. The van der Waals surface area contributed by atoms with Crippen LogP contribution in [0, 0.1) is 0 Å². The Morgan fingerprint density at radius 3 is 2.45 bits per heavy atom. The van der Waals surface area contributed by atoms with Crippen LogP contribution in [0.1, 0.15) is 24.6 Å². The van der Waals surface area contributed by atoms with Crippen LogP contribution in [0.25, 0.3) is 22.7 Å². The molecule has 4 heterocycles. The van der Waals surface area contributed by atoms with Gasteiger partial charge in [0.05, 0.1) is 24.0 Å². The Hall–Kier alpha value is -3.18. The monoisotopic (exact) mass is 384 g/mol. The van der Waals surface area contributed by atoms with Crippen LogP contribution in [0.15, 0.2) is 83.9 Å². The third-order valence-electron chi connectivity index (χ3n) is 5.66. The van der Waals surface area contributed by atoms with E-state index in [1.807, 2.05) is 36.8 Å². The summed E-state index contributed by atoms with van der Waals surface area (Å²) < 4.78 is 8.11. The minimum atomic E-state index is 0.417. The number of pyridine rings is 1. The molecule has 1 saturated heterocycles. The van der Waals surface area contributed by atoms with Crippen LogP contribution < -0.4 is 0 Å². The van der Waals surface area contributed by atoms with Crippen LogP contribution in [0.4, 0.5) is 0 Å². The van der Waals surface area contributed by atoms with E-state index < -0.39 is 0 Å². The molecule has 3 aromatic heterocycles. The molecule has 0 aliphatic carbocycles. The lowest BCUT2D eigenvalue weighted by molar-refractivity contribution is 0.178. The van der Waals surface area contributed by atoms with Gasteiger partial charge in [0.1, 0.15) is 5.69 Å². The highest BCUT2D eigenvalue weighted by Crippen LogP contribution is 2.36. The summed E-state index contributed by atoms with van der Waals surface area (Å²) in [5.41, 5.74) is 4.31. The predicted octanol–water partition coefficient (Wildman–Crippen LogP) is 5.04. The number of hydrogen-bond donors (Lipinski definition) is 0. The fourth-order valence-electron chi connectivity index (χ4n) is 4.18. The number of rotatable bonds is 5. The molecule has 0 bridgehead atoms. The normalized spacial score (nSPS) is 15.6. The molecule has 1 aliphatic rings. The molecule has 5 nitrogen and oxygen atoms in total. The van der Waals surface area contributed by atoms with Gasteiger partial charge in [0.15, 0.2) is 5.76 Å². The zero-order valence-electron chi connectivity index (χ0n) is 16.3. The van der Waals surface area contributed by atoms with Crippen molar-refractivity contribution in [2.45, 2.75) is 25.4 Å². The molecular formula is C24H24N4O. The fraction of sp³-hybridized carbons (Fsp3) is 0.250. The van der Waals surface area contributed by atoms with Crippen molar-refractivity contribution in [3.05, 3.63) is 85.1 Å². The average molecular weight is 384 g/mol. The summed E-state index contributed by atoms with van der Waals surface area (Å²) in [7, 11) is 0. The second-order valence-electron chi connectivity index (χ2n) is 7.52. The van der Waals surface area contributed by atoms with Gasteiger partial charge in [0, 0.05) is 37.4 Å². The largest absolute Gasteiger partial charge is 0.463 e. The Kier molecular flexibility index (Phi) is 4.97. The van der Waals surface area contributed by atoms with E-state index in [4.69, 9.17) is 9.40 Å². The van der Waals surface area contributed by atoms with Gasteiger partial charge in [-0.1, -0.05) is 36.4 Å². The highest BCUT2D eigenvalue weighted by atomic mass is 16.3. The predicted molar refractivity (Wildman–Crippen MR) is 113 cm³/mol. The number of likely N-dealkylation sites (tertiary alicyclic amines) is 1. The van der Waals surface area contributed by atoms with Crippen molar-refractivity contribution in [2.24, 2.45) is 0 Å². The zero-order valence-corrected chi connectivity index (χ0v) is 16.3. The number of hydrogen-bond acceptors (Lipinski definition) is 4. The first kappa shape index (κ1) is 17.9. The van der Waals surface area contributed by atoms with E-state index in [9.17, 15) is 0 Å². The van der Waals surface area contributed by atoms with Gasteiger partial charge in [-0.15, -0.1) is 0 Å². The minimum Gasteiger partial charge on any atom is -0.463 e. The summed E-state index contributed by atoms with van der Waals surface area (Å²) in [6, 6.07) is 20.9. The van der Waals surface area contributed by atoms with E-state index in [1.54, 1.807) is 6.26 Å². The molecule has 29 heavy (non-hydrogen) atoms. The van der Waals surface area contributed by atoms with E-state index in [0.29, 0.717) is 6.04 Å². The molecule has 1 aliphatic heterocycles. The smallest absolute Gasteiger partial charge is 0.152 e. The fourth-order valence-corrected chi connectivity index (χ4v) is 4.18. The van der Waals surface area contributed by atoms with Gasteiger partial charge < -0.3 is 8.98 Å². The molecule has 1 fully saturated rings. The molecule has 0 radical (unpaired) electrons. The molecule has 1 aromatic carbocycles. The third-order valence-corrected chi connectivity index (χ3v) is 5.66. The van der Waals surface area contributed by atoms with Gasteiger partial charge in [-0.3, -0.25) is 9.88 Å². The van der Waals surface area contributed by atoms with E-state index in [1.165, 1.54) is 0 Å². The number of aromatic nitrogens is 3. The summed E-state index contributed by atoms with van der Waals surface area (Å²) in [5.74, 6) is 0.872. The Labute approximate surface area is 170 Å². The van der Waals surface area contributed by atoms with Crippen LogP contribution in [0.2, 0.25) is 0 Å². The van der Waals surface area contributed by atoms with Crippen molar-refractivity contribution in [3.8, 4) is 22.7 Å². The molecule has 0 spiro atoms. The second kappa shape index (κ2) is 8.05. The van der Waals surface area contributed by atoms with Gasteiger partial charge in [-0.2, -0.15) is 0 Å². The molecule has 0 N–H and O–H groups in total. The van der Waals surface area contributed by atoms with Crippen molar-refractivity contribution in [3.63, 3.8) is 0 Å². The number of imidazole rings is 1. The standard InChI is InChI=1S/C24H24N4O/c1-2-7-19(8-3-1)23-24(22-10-6-16-29-22)28(18-26-23)21-11-14-27(15-12-21)17-20-9-4-5-13-25-20/h1-10,13,16,18,21H,11-12,14-15,17H2. The summed E-state index contributed by atoms with van der Waals surface area (Å²) in [5, 5.41) is 0. The minimum absolute atomic E-state index is 0.417. The maximum Gasteiger partial charge on any atom is 0.152 e. The molecule has 0 atom stereocenters. The first-order valence-corrected chi connectivity index (χ1v) is 10.2. The van der Waals surface area contributed by atoms with Crippen LogP contribution in [0.5, 0.6) is 0 Å². The second-order valence-corrected chi connectivity index (χ2v) is 7.52. The molecule has 146 valence electrons. The number of furan rings is 1. The van der Waals surface area contributed by atoms with Crippen molar-refractivity contribution >= 4 is 0 Å². The summed E-state index contributed by atoms with van der Waals surface area (Å²) in [4.78, 5) is 11.7. The SMILES string of the molecule is c1ccc(-c2ncn(C3CCN(Cc4ccccn4)CC3)c2-c2ccco2)cc1. The molecule has 4 aromatic rings. The summed E-state index contributed by atoms with van der Waals surface area (Å²) in [6.45, 7) is 3.02. The molecule has 0 saturated carbocycles. The molecule has 5 rings (SSSR count). The lowest BCUT2D eigenvalue weighted by Crippen LogP contribution is -2.34. The van der Waals surface area contributed by atoms with E-state index >= 15 is 0 Å². The zero-order chi connectivity index (χ0) is 19.5. The lowest BCUT2D eigenvalue weighted by Gasteiger charge is -2.33. The summed E-state index contributed by atoms with van der Waals surface area (Å²) in [6.07, 6.45) is 7.76. The highest BCUT2D eigenvalue weighted by molar-refractivity contribution is 5.76. The van der Waals surface area contributed by atoms with E-state index in [-0.39, 0.29) is 0 Å². The van der Waals surface area contributed by atoms with Crippen molar-refractivity contribution in [1.82, 2.24) is 19.4 Å². The topological polar surface area (TPSA) is 47.1 Å². The van der Waals surface area contributed by atoms with Crippen LogP contribution >= 0.6 is 0 Å². The van der Waals surface area contributed by atoms with E-state index in [2.05, 4.69) is 50.8 Å². The Balaban J connectivity index is 1.39. The number of nitrogens with zero attached hydrogens (tertiary/aromatic N) is 4. The van der Waals surface area contributed by atoms with Crippen molar-refractivity contribution in [2.75, 3.05) is 13.1 Å². The van der Waals surface area contributed by atoms with E-state index in [0.717, 1.165) is 60.9 Å². The Morgan fingerprint density at radius 2 is 1.72 bits per heavy atom. The van der Waals surface area contributed by atoms with Gasteiger partial charge in [-0.25, -0.2) is 4.98 Å². The molecular weight excluding hydrogens is 360 g/mol. The molecule has 0 unspecified atom stereocenters.